The third-order valence-electron chi connectivity index (χ3n) is 5.00. The number of imidazole rings is 1. The van der Waals surface area contributed by atoms with Crippen LogP contribution in [0.2, 0.25) is 0 Å². The van der Waals surface area contributed by atoms with Crippen molar-refractivity contribution in [1.82, 2.24) is 18.7 Å². The zero-order chi connectivity index (χ0) is 15.9. The Morgan fingerprint density at radius 1 is 1.36 bits per heavy atom. The summed E-state index contributed by atoms with van der Waals surface area (Å²) < 4.78 is 9.96. The van der Waals surface area contributed by atoms with Gasteiger partial charge in [-0.1, -0.05) is 6.92 Å². The third-order valence-corrected chi connectivity index (χ3v) is 5.00. The molecule has 0 N–H and O–H groups in total. The third kappa shape index (κ3) is 2.20. The van der Waals surface area contributed by atoms with Gasteiger partial charge in [-0.2, -0.15) is 0 Å². The van der Waals surface area contributed by atoms with E-state index in [0.29, 0.717) is 24.3 Å². The predicted molar refractivity (Wildman–Crippen MR) is 83.0 cm³/mol. The Morgan fingerprint density at radius 3 is 2.77 bits per heavy atom. The Morgan fingerprint density at radius 2 is 2.14 bits per heavy atom. The number of hydrogen-bond donors (Lipinski definition) is 0. The van der Waals surface area contributed by atoms with Gasteiger partial charge in [-0.15, -0.1) is 0 Å². The first-order valence-electron chi connectivity index (χ1n) is 7.68. The summed E-state index contributed by atoms with van der Waals surface area (Å²) in [6.07, 6.45) is 4.33. The number of nitrogens with zero attached hydrogens (tertiary/aromatic N) is 4. The Labute approximate surface area is 128 Å². The van der Waals surface area contributed by atoms with Gasteiger partial charge in [0.05, 0.1) is 12.9 Å². The first kappa shape index (κ1) is 15.0. The van der Waals surface area contributed by atoms with Crippen LogP contribution in [0.1, 0.15) is 26.2 Å². The molecule has 120 valence electrons. The van der Waals surface area contributed by atoms with E-state index in [9.17, 15) is 9.59 Å². The van der Waals surface area contributed by atoms with Crippen LogP contribution < -0.4 is 11.2 Å². The van der Waals surface area contributed by atoms with Gasteiger partial charge in [0.1, 0.15) is 0 Å². The van der Waals surface area contributed by atoms with Gasteiger partial charge < -0.3 is 9.30 Å². The van der Waals surface area contributed by atoms with Gasteiger partial charge in [0, 0.05) is 27.2 Å². The second-order valence-corrected chi connectivity index (χ2v) is 6.23. The van der Waals surface area contributed by atoms with E-state index in [1.54, 1.807) is 25.0 Å². The molecule has 0 aliphatic carbocycles. The molecule has 1 saturated heterocycles. The standard InChI is InChI=1S/C15H22N4O3/c1-4-15(6-8-22-9-15)5-7-19-13(20)11-12(16-10-17(11)2)18(3)14(19)21/h10H,4-9H2,1-3H3. The molecule has 1 fully saturated rings. The fourth-order valence-electron chi connectivity index (χ4n) is 3.24. The van der Waals surface area contributed by atoms with E-state index < -0.39 is 0 Å². The molecule has 0 amide bonds. The summed E-state index contributed by atoms with van der Waals surface area (Å²) in [6, 6.07) is 0. The maximum absolute atomic E-state index is 12.6. The lowest BCUT2D eigenvalue weighted by molar-refractivity contribution is 0.139. The monoisotopic (exact) mass is 306 g/mol. The molecule has 0 saturated carbocycles. The van der Waals surface area contributed by atoms with Crippen molar-refractivity contribution < 1.29 is 4.74 Å². The Bertz CT molecular complexity index is 809. The molecule has 3 rings (SSSR count). The first-order valence-corrected chi connectivity index (χ1v) is 7.68. The summed E-state index contributed by atoms with van der Waals surface area (Å²) in [4.78, 5) is 29.2. The molecule has 1 aliphatic heterocycles. The zero-order valence-corrected chi connectivity index (χ0v) is 13.3. The molecule has 3 heterocycles. The Kier molecular flexibility index (Phi) is 3.68. The van der Waals surface area contributed by atoms with Crippen LogP contribution in [0.3, 0.4) is 0 Å². The van der Waals surface area contributed by atoms with Crippen LogP contribution in [0.5, 0.6) is 0 Å². The molecular formula is C15H22N4O3. The quantitative estimate of drug-likeness (QED) is 0.831. The maximum Gasteiger partial charge on any atom is 0.332 e. The summed E-state index contributed by atoms with van der Waals surface area (Å²) in [7, 11) is 3.42. The number of aryl methyl sites for hydroxylation is 2. The normalized spacial score (nSPS) is 21.8. The minimum Gasteiger partial charge on any atom is -0.381 e. The van der Waals surface area contributed by atoms with Crippen molar-refractivity contribution in [2.75, 3.05) is 13.2 Å². The van der Waals surface area contributed by atoms with Crippen molar-refractivity contribution in [1.29, 1.82) is 0 Å². The lowest BCUT2D eigenvalue weighted by atomic mass is 9.81. The number of fused-ring (bicyclic) bond motifs is 1. The van der Waals surface area contributed by atoms with Crippen LogP contribution in [0.15, 0.2) is 15.9 Å². The molecule has 22 heavy (non-hydrogen) atoms. The highest BCUT2D eigenvalue weighted by molar-refractivity contribution is 5.69. The van der Waals surface area contributed by atoms with Crippen LogP contribution in [0, 0.1) is 5.41 Å². The highest BCUT2D eigenvalue weighted by Gasteiger charge is 2.33. The second-order valence-electron chi connectivity index (χ2n) is 6.23. The smallest absolute Gasteiger partial charge is 0.332 e. The van der Waals surface area contributed by atoms with E-state index in [-0.39, 0.29) is 16.7 Å². The molecule has 1 unspecified atom stereocenters. The van der Waals surface area contributed by atoms with Crippen LogP contribution in [-0.2, 0) is 25.4 Å². The number of aromatic nitrogens is 4. The highest BCUT2D eigenvalue weighted by atomic mass is 16.5. The lowest BCUT2D eigenvalue weighted by Gasteiger charge is -2.25. The molecule has 7 heteroatoms. The Hall–Kier alpha value is -1.89. The van der Waals surface area contributed by atoms with Gasteiger partial charge in [0.2, 0.25) is 0 Å². The van der Waals surface area contributed by atoms with Gasteiger partial charge in [-0.05, 0) is 24.7 Å². The molecular weight excluding hydrogens is 284 g/mol. The Balaban J connectivity index is 2.02. The van der Waals surface area contributed by atoms with Crippen LogP contribution in [0.25, 0.3) is 11.2 Å². The van der Waals surface area contributed by atoms with Gasteiger partial charge in [-0.25, -0.2) is 9.78 Å². The SMILES string of the molecule is CCC1(CCn2c(=O)c3c(ncn3C)n(C)c2=O)CCOC1. The molecule has 0 bridgehead atoms. The van der Waals surface area contributed by atoms with Crippen molar-refractivity contribution in [3.05, 3.63) is 27.2 Å². The van der Waals surface area contributed by atoms with Crippen LogP contribution in [0.4, 0.5) is 0 Å². The van der Waals surface area contributed by atoms with Crippen molar-refractivity contribution in [2.24, 2.45) is 19.5 Å². The van der Waals surface area contributed by atoms with Gasteiger partial charge in [-0.3, -0.25) is 13.9 Å². The summed E-state index contributed by atoms with van der Waals surface area (Å²) in [5.41, 5.74) is 0.425. The lowest BCUT2D eigenvalue weighted by Crippen LogP contribution is -2.40. The van der Waals surface area contributed by atoms with E-state index in [4.69, 9.17) is 4.74 Å². The fourth-order valence-corrected chi connectivity index (χ4v) is 3.24. The average Bonchev–Trinajstić information content (AvgIpc) is 3.12. The van der Waals surface area contributed by atoms with Crippen molar-refractivity contribution in [3.63, 3.8) is 0 Å². The number of hydrogen-bond acceptors (Lipinski definition) is 4. The summed E-state index contributed by atoms with van der Waals surface area (Å²) in [5, 5.41) is 0. The largest absolute Gasteiger partial charge is 0.381 e. The van der Waals surface area contributed by atoms with Gasteiger partial charge in [0.25, 0.3) is 5.56 Å². The van der Waals surface area contributed by atoms with Crippen LogP contribution >= 0.6 is 0 Å². The molecule has 0 spiro atoms. The number of ether oxygens (including phenoxy) is 1. The van der Waals surface area contributed by atoms with Crippen molar-refractivity contribution in [2.45, 2.75) is 32.7 Å². The van der Waals surface area contributed by atoms with E-state index in [2.05, 4.69) is 11.9 Å². The summed E-state index contributed by atoms with van der Waals surface area (Å²) in [6.45, 7) is 4.04. The summed E-state index contributed by atoms with van der Waals surface area (Å²) in [5.74, 6) is 0. The van der Waals surface area contributed by atoms with Gasteiger partial charge in [0.15, 0.2) is 11.2 Å². The van der Waals surface area contributed by atoms with E-state index in [1.165, 1.54) is 9.13 Å². The minimum atomic E-state index is -0.304. The molecule has 0 radical (unpaired) electrons. The first-order chi connectivity index (χ1) is 10.5. The van der Waals surface area contributed by atoms with E-state index >= 15 is 0 Å². The van der Waals surface area contributed by atoms with E-state index in [0.717, 1.165) is 25.9 Å². The molecule has 0 aromatic carbocycles. The van der Waals surface area contributed by atoms with Gasteiger partial charge >= 0.3 is 5.69 Å². The zero-order valence-electron chi connectivity index (χ0n) is 13.3. The molecule has 7 nitrogen and oxygen atoms in total. The van der Waals surface area contributed by atoms with Crippen LogP contribution in [-0.4, -0.2) is 31.9 Å². The predicted octanol–water partition coefficient (Wildman–Crippen LogP) is 0.640. The number of rotatable bonds is 4. The van der Waals surface area contributed by atoms with Crippen molar-refractivity contribution >= 4 is 11.2 Å². The molecule has 1 aliphatic rings. The highest BCUT2D eigenvalue weighted by Crippen LogP contribution is 2.35. The van der Waals surface area contributed by atoms with E-state index in [1.807, 2.05) is 0 Å². The molecule has 2 aromatic rings. The maximum atomic E-state index is 12.6. The topological polar surface area (TPSA) is 71.0 Å². The minimum absolute atomic E-state index is 0.0892. The van der Waals surface area contributed by atoms with Crippen molar-refractivity contribution in [3.8, 4) is 0 Å². The molecule has 2 aromatic heterocycles. The summed E-state index contributed by atoms with van der Waals surface area (Å²) >= 11 is 0. The fraction of sp³-hybridized carbons (Fsp3) is 0.667. The molecule has 1 atom stereocenters. The second kappa shape index (κ2) is 5.39. The average molecular weight is 306 g/mol.